The summed E-state index contributed by atoms with van der Waals surface area (Å²) in [5.74, 6) is 0.346. The maximum absolute atomic E-state index is 13.3. The number of urea groups is 1. The molecule has 0 saturated carbocycles. The van der Waals surface area contributed by atoms with E-state index in [1.165, 1.54) is 23.5 Å². The molecule has 0 saturated heterocycles. The maximum Gasteiger partial charge on any atom is 0.339 e. The number of hydrogen-bond acceptors (Lipinski definition) is 6. The number of thiazole rings is 1. The van der Waals surface area contributed by atoms with Gasteiger partial charge in [-0.2, -0.15) is 5.10 Å². The molecular weight excluding hydrogens is 429 g/mol. The van der Waals surface area contributed by atoms with Gasteiger partial charge in [0.1, 0.15) is 22.5 Å². The summed E-state index contributed by atoms with van der Waals surface area (Å²) in [5, 5.41) is 10.3. The number of rotatable bonds is 4. The molecule has 4 aromatic rings. The standard InChI is InChI=1S/C19H17ClFN7OS/c1-9-6-14(22-17-16(9)10(2)27-28(17)3)25-26-19(29)24-15-8-30-18(23-15)11-4-5-13(21)12(20)7-11/h4-8H,1-3H3,(H,22,25)(H2,24,26,29). The smallest absolute Gasteiger partial charge is 0.290 e. The van der Waals surface area contributed by atoms with Crippen LogP contribution >= 0.6 is 22.9 Å². The average molecular weight is 446 g/mol. The zero-order valence-electron chi connectivity index (χ0n) is 16.2. The van der Waals surface area contributed by atoms with Crippen LogP contribution in [0.5, 0.6) is 0 Å². The number of hydrogen-bond donors (Lipinski definition) is 3. The Morgan fingerprint density at radius 3 is 2.77 bits per heavy atom. The topological polar surface area (TPSA) is 96.8 Å². The van der Waals surface area contributed by atoms with Gasteiger partial charge in [0.2, 0.25) is 0 Å². The molecule has 0 unspecified atom stereocenters. The van der Waals surface area contributed by atoms with Crippen LogP contribution in [-0.4, -0.2) is 25.8 Å². The van der Waals surface area contributed by atoms with Crippen molar-refractivity contribution in [2.45, 2.75) is 13.8 Å². The highest BCUT2D eigenvalue weighted by Crippen LogP contribution is 2.29. The zero-order chi connectivity index (χ0) is 21.4. The van der Waals surface area contributed by atoms with Gasteiger partial charge in [-0.05, 0) is 43.7 Å². The molecule has 0 bridgehead atoms. The van der Waals surface area contributed by atoms with Crippen molar-refractivity contribution in [3.05, 3.63) is 51.7 Å². The first-order valence-corrected chi connectivity index (χ1v) is 10.1. The molecule has 30 heavy (non-hydrogen) atoms. The number of aryl methyl sites for hydroxylation is 3. The van der Waals surface area contributed by atoms with Gasteiger partial charge in [0.25, 0.3) is 0 Å². The Bertz CT molecular complexity index is 1270. The molecule has 3 heterocycles. The molecule has 0 atom stereocenters. The Hall–Kier alpha value is -3.24. The van der Waals surface area contributed by atoms with E-state index in [1.807, 2.05) is 27.0 Å². The van der Waals surface area contributed by atoms with E-state index in [0.717, 1.165) is 22.3 Å². The Morgan fingerprint density at radius 1 is 1.20 bits per heavy atom. The van der Waals surface area contributed by atoms with Gasteiger partial charge in [-0.1, -0.05) is 11.6 Å². The summed E-state index contributed by atoms with van der Waals surface area (Å²) in [7, 11) is 1.82. The quantitative estimate of drug-likeness (QED) is 0.397. The van der Waals surface area contributed by atoms with Crippen LogP contribution in [0.2, 0.25) is 5.02 Å². The van der Waals surface area contributed by atoms with Gasteiger partial charge in [0.05, 0.1) is 10.7 Å². The van der Waals surface area contributed by atoms with Crippen molar-refractivity contribution in [2.24, 2.45) is 7.05 Å². The summed E-state index contributed by atoms with van der Waals surface area (Å²) in [5.41, 5.74) is 8.60. The first-order chi connectivity index (χ1) is 14.3. The normalized spacial score (nSPS) is 11.0. The van der Waals surface area contributed by atoms with Gasteiger partial charge in [0, 0.05) is 23.4 Å². The van der Waals surface area contributed by atoms with Crippen molar-refractivity contribution in [1.29, 1.82) is 0 Å². The fourth-order valence-corrected chi connectivity index (χ4v) is 4.01. The van der Waals surface area contributed by atoms with Gasteiger partial charge in [0.15, 0.2) is 5.65 Å². The van der Waals surface area contributed by atoms with E-state index >= 15 is 0 Å². The van der Waals surface area contributed by atoms with Gasteiger partial charge in [-0.25, -0.2) is 24.6 Å². The molecule has 2 amide bonds. The Morgan fingerprint density at radius 2 is 2.00 bits per heavy atom. The van der Waals surface area contributed by atoms with Crippen molar-refractivity contribution < 1.29 is 9.18 Å². The molecule has 0 aliphatic rings. The van der Waals surface area contributed by atoms with E-state index in [4.69, 9.17) is 11.6 Å². The minimum Gasteiger partial charge on any atom is -0.290 e. The van der Waals surface area contributed by atoms with Gasteiger partial charge >= 0.3 is 6.03 Å². The van der Waals surface area contributed by atoms with Gasteiger partial charge in [-0.3, -0.25) is 15.4 Å². The molecule has 154 valence electrons. The van der Waals surface area contributed by atoms with Crippen LogP contribution in [0.3, 0.4) is 0 Å². The minimum atomic E-state index is -0.510. The van der Waals surface area contributed by atoms with Crippen molar-refractivity contribution in [3.63, 3.8) is 0 Å². The first-order valence-electron chi connectivity index (χ1n) is 8.86. The lowest BCUT2D eigenvalue weighted by Crippen LogP contribution is -2.34. The highest BCUT2D eigenvalue weighted by atomic mass is 35.5. The lowest BCUT2D eigenvalue weighted by molar-refractivity contribution is 0.253. The molecule has 3 N–H and O–H groups in total. The van der Waals surface area contributed by atoms with E-state index in [2.05, 4.69) is 31.2 Å². The zero-order valence-corrected chi connectivity index (χ0v) is 17.8. The number of nitrogens with one attached hydrogen (secondary N) is 3. The highest BCUT2D eigenvalue weighted by Gasteiger charge is 2.12. The fraction of sp³-hybridized carbons (Fsp3) is 0.158. The number of benzene rings is 1. The van der Waals surface area contributed by atoms with Crippen LogP contribution in [0.1, 0.15) is 11.3 Å². The van der Waals surface area contributed by atoms with E-state index < -0.39 is 11.8 Å². The van der Waals surface area contributed by atoms with E-state index in [0.29, 0.717) is 22.2 Å². The summed E-state index contributed by atoms with van der Waals surface area (Å²) >= 11 is 7.12. The molecule has 4 rings (SSSR count). The monoisotopic (exact) mass is 445 g/mol. The van der Waals surface area contributed by atoms with Crippen LogP contribution < -0.4 is 16.2 Å². The molecule has 11 heteroatoms. The number of halogens is 2. The second kappa shape index (κ2) is 7.88. The summed E-state index contributed by atoms with van der Waals surface area (Å²) in [6.07, 6.45) is 0. The molecule has 0 radical (unpaired) electrons. The molecular formula is C19H17ClFN7OS. The van der Waals surface area contributed by atoms with Crippen LogP contribution in [0.15, 0.2) is 29.6 Å². The largest absolute Gasteiger partial charge is 0.339 e. The summed E-state index contributed by atoms with van der Waals surface area (Å²) < 4.78 is 15.0. The predicted octanol–water partition coefficient (Wildman–Crippen LogP) is 4.65. The lowest BCUT2D eigenvalue weighted by Gasteiger charge is -2.09. The SMILES string of the molecule is Cc1cc(NNC(=O)Nc2csc(-c3ccc(F)c(Cl)c3)n2)nc2c1c(C)nn2C. The molecule has 0 aliphatic carbocycles. The predicted molar refractivity (Wildman–Crippen MR) is 116 cm³/mol. The average Bonchev–Trinajstić information content (AvgIpc) is 3.27. The Kier molecular flexibility index (Phi) is 5.27. The van der Waals surface area contributed by atoms with Crippen molar-refractivity contribution in [1.82, 2.24) is 25.2 Å². The van der Waals surface area contributed by atoms with Gasteiger partial charge in [-0.15, -0.1) is 11.3 Å². The number of carbonyl (C=O) groups is 1. The lowest BCUT2D eigenvalue weighted by atomic mass is 10.1. The van der Waals surface area contributed by atoms with Crippen molar-refractivity contribution in [2.75, 3.05) is 10.7 Å². The molecule has 8 nitrogen and oxygen atoms in total. The number of pyridine rings is 1. The van der Waals surface area contributed by atoms with E-state index in [1.54, 1.807) is 16.1 Å². The number of aromatic nitrogens is 4. The molecule has 0 fully saturated rings. The molecule has 1 aromatic carbocycles. The van der Waals surface area contributed by atoms with Crippen LogP contribution in [0, 0.1) is 19.7 Å². The molecule has 0 aliphatic heterocycles. The van der Waals surface area contributed by atoms with Gasteiger partial charge < -0.3 is 0 Å². The Labute approximate surface area is 180 Å². The van der Waals surface area contributed by atoms with Crippen LogP contribution in [0.4, 0.5) is 20.8 Å². The van der Waals surface area contributed by atoms with Crippen LogP contribution in [-0.2, 0) is 7.05 Å². The minimum absolute atomic E-state index is 0.0162. The second-order valence-electron chi connectivity index (χ2n) is 6.60. The maximum atomic E-state index is 13.3. The number of anilines is 2. The second-order valence-corrected chi connectivity index (χ2v) is 7.87. The summed E-state index contributed by atoms with van der Waals surface area (Å²) in [6, 6.07) is 5.67. The van der Waals surface area contributed by atoms with Crippen molar-refractivity contribution in [3.8, 4) is 10.6 Å². The molecule has 3 aromatic heterocycles. The number of fused-ring (bicyclic) bond motifs is 1. The third kappa shape index (κ3) is 3.91. The Balaban J connectivity index is 1.42. The summed E-state index contributed by atoms with van der Waals surface area (Å²) in [4.78, 5) is 21.0. The third-order valence-corrected chi connectivity index (χ3v) is 5.56. The fourth-order valence-electron chi connectivity index (χ4n) is 3.08. The third-order valence-electron chi connectivity index (χ3n) is 4.38. The number of carbonyl (C=O) groups excluding carboxylic acids is 1. The number of amides is 2. The number of hydrazine groups is 1. The highest BCUT2D eigenvalue weighted by molar-refractivity contribution is 7.13. The summed E-state index contributed by atoms with van der Waals surface area (Å²) in [6.45, 7) is 3.89. The van der Waals surface area contributed by atoms with E-state index in [9.17, 15) is 9.18 Å². The molecule has 0 spiro atoms. The van der Waals surface area contributed by atoms with Crippen molar-refractivity contribution >= 4 is 51.6 Å². The van der Waals surface area contributed by atoms with Crippen LogP contribution in [0.25, 0.3) is 21.6 Å². The first kappa shape index (κ1) is 20.0. The number of nitrogens with zero attached hydrogens (tertiary/aromatic N) is 4. The van der Waals surface area contributed by atoms with E-state index in [-0.39, 0.29) is 5.02 Å².